The molecule has 0 spiro atoms. The van der Waals surface area contributed by atoms with E-state index in [1.54, 1.807) is 0 Å². The van der Waals surface area contributed by atoms with Crippen molar-refractivity contribution in [2.75, 3.05) is 6.61 Å². The van der Waals surface area contributed by atoms with Gasteiger partial charge in [0.25, 0.3) is 0 Å². The highest BCUT2D eigenvalue weighted by atomic mass is 16.5. The van der Waals surface area contributed by atoms with Gasteiger partial charge in [0.05, 0.1) is 18.0 Å². The number of benzene rings is 4. The number of hydrogen-bond donors (Lipinski definition) is 0. The average Bonchev–Trinajstić information content (AvgIpc) is 3.62. The minimum absolute atomic E-state index is 0.784. The highest BCUT2D eigenvalue weighted by molar-refractivity contribution is 5.68. The lowest BCUT2D eigenvalue weighted by Crippen LogP contribution is -2.24. The summed E-state index contributed by atoms with van der Waals surface area (Å²) in [4.78, 5) is 7.90. The summed E-state index contributed by atoms with van der Waals surface area (Å²) in [6, 6.07) is 38.8. The lowest BCUT2D eigenvalue weighted by atomic mass is 10.1. The zero-order valence-corrected chi connectivity index (χ0v) is 23.3. The van der Waals surface area contributed by atoms with E-state index >= 15 is 0 Å². The van der Waals surface area contributed by atoms with Crippen molar-refractivity contribution in [3.63, 3.8) is 0 Å². The molecule has 40 heavy (non-hydrogen) atoms. The van der Waals surface area contributed by atoms with Gasteiger partial charge >= 0.3 is 0 Å². The van der Waals surface area contributed by atoms with Gasteiger partial charge in [0.2, 0.25) is 0 Å². The standard InChI is InChI=1S/C36H37N3O/c1-2-3-22-39-33(35(30-15-9-5-10-16-30)37-36(39)31-17-11-6-12-18-31)27-38(25-28-13-7-4-8-14-28)26-29-19-20-34-32(24-29)21-23-40-34/h4-20,24H,2-3,21-23,25-27H2,1H3. The van der Waals surface area contributed by atoms with Crippen LogP contribution in [0.5, 0.6) is 5.75 Å². The maximum atomic E-state index is 5.79. The molecular formula is C36H37N3O. The second-order valence-electron chi connectivity index (χ2n) is 10.6. The zero-order chi connectivity index (χ0) is 27.1. The van der Waals surface area contributed by atoms with Crippen molar-refractivity contribution in [3.05, 3.63) is 132 Å². The third-order valence-electron chi connectivity index (χ3n) is 7.67. The molecule has 0 atom stereocenters. The van der Waals surface area contributed by atoms with Crippen LogP contribution in [-0.2, 0) is 32.6 Å². The molecular weight excluding hydrogens is 490 g/mol. The molecule has 4 nitrogen and oxygen atoms in total. The Kier molecular flexibility index (Phi) is 8.06. The van der Waals surface area contributed by atoms with Gasteiger partial charge in [-0.3, -0.25) is 4.90 Å². The highest BCUT2D eigenvalue weighted by Crippen LogP contribution is 2.32. The summed E-state index contributed by atoms with van der Waals surface area (Å²) in [6.07, 6.45) is 3.24. The summed E-state index contributed by atoms with van der Waals surface area (Å²) in [6.45, 7) is 6.52. The third-order valence-corrected chi connectivity index (χ3v) is 7.67. The van der Waals surface area contributed by atoms with Gasteiger partial charge in [-0.1, -0.05) is 116 Å². The second kappa shape index (κ2) is 12.4. The van der Waals surface area contributed by atoms with Crippen LogP contribution >= 0.6 is 0 Å². The van der Waals surface area contributed by atoms with Gasteiger partial charge in [0.1, 0.15) is 11.6 Å². The van der Waals surface area contributed by atoms with Gasteiger partial charge in [-0.05, 0) is 29.2 Å². The minimum Gasteiger partial charge on any atom is -0.493 e. The normalized spacial score (nSPS) is 12.4. The van der Waals surface area contributed by atoms with E-state index in [-0.39, 0.29) is 0 Å². The van der Waals surface area contributed by atoms with Crippen molar-refractivity contribution in [1.29, 1.82) is 0 Å². The monoisotopic (exact) mass is 527 g/mol. The Morgan fingerprint density at radius 1 is 0.750 bits per heavy atom. The molecule has 0 unspecified atom stereocenters. The molecule has 0 aliphatic carbocycles. The Balaban J connectivity index is 1.43. The molecule has 202 valence electrons. The summed E-state index contributed by atoms with van der Waals surface area (Å²) >= 11 is 0. The van der Waals surface area contributed by atoms with Crippen molar-refractivity contribution in [2.45, 2.75) is 52.4 Å². The maximum Gasteiger partial charge on any atom is 0.140 e. The smallest absolute Gasteiger partial charge is 0.140 e. The molecule has 4 aromatic carbocycles. The second-order valence-corrected chi connectivity index (χ2v) is 10.6. The van der Waals surface area contributed by atoms with Gasteiger partial charge in [0, 0.05) is 43.7 Å². The molecule has 0 N–H and O–H groups in total. The van der Waals surface area contributed by atoms with Gasteiger partial charge in [-0.2, -0.15) is 0 Å². The van der Waals surface area contributed by atoms with E-state index in [9.17, 15) is 0 Å². The van der Waals surface area contributed by atoms with Crippen LogP contribution in [0.1, 0.15) is 42.1 Å². The molecule has 1 aliphatic heterocycles. The lowest BCUT2D eigenvalue weighted by molar-refractivity contribution is 0.241. The molecule has 1 aromatic heterocycles. The molecule has 0 radical (unpaired) electrons. The number of ether oxygens (including phenoxy) is 1. The van der Waals surface area contributed by atoms with Gasteiger partial charge in [0.15, 0.2) is 0 Å². The summed E-state index contributed by atoms with van der Waals surface area (Å²) in [5, 5.41) is 0. The first kappa shape index (κ1) is 26.1. The largest absolute Gasteiger partial charge is 0.493 e. The molecule has 1 aliphatic rings. The van der Waals surface area contributed by atoms with E-state index in [4.69, 9.17) is 9.72 Å². The number of nitrogens with zero attached hydrogens (tertiary/aromatic N) is 3. The molecule has 4 heteroatoms. The highest BCUT2D eigenvalue weighted by Gasteiger charge is 2.22. The van der Waals surface area contributed by atoms with Crippen LogP contribution in [0.25, 0.3) is 22.6 Å². The van der Waals surface area contributed by atoms with Crippen molar-refractivity contribution in [3.8, 4) is 28.4 Å². The van der Waals surface area contributed by atoms with Gasteiger partial charge in [-0.15, -0.1) is 0 Å². The van der Waals surface area contributed by atoms with Crippen LogP contribution < -0.4 is 4.74 Å². The molecule has 0 amide bonds. The van der Waals surface area contributed by atoms with E-state index in [0.717, 1.165) is 74.9 Å². The van der Waals surface area contributed by atoms with Crippen molar-refractivity contribution in [1.82, 2.24) is 14.5 Å². The van der Waals surface area contributed by atoms with Crippen LogP contribution in [0, 0.1) is 0 Å². The van der Waals surface area contributed by atoms with Crippen molar-refractivity contribution >= 4 is 0 Å². The number of fused-ring (bicyclic) bond motifs is 1. The fourth-order valence-electron chi connectivity index (χ4n) is 5.66. The fraction of sp³-hybridized carbons (Fsp3) is 0.250. The number of hydrogen-bond acceptors (Lipinski definition) is 3. The molecule has 0 saturated carbocycles. The molecule has 0 bridgehead atoms. The number of imidazole rings is 1. The van der Waals surface area contributed by atoms with E-state index in [0.29, 0.717) is 0 Å². The Morgan fingerprint density at radius 2 is 1.43 bits per heavy atom. The molecule has 5 aromatic rings. The molecule has 6 rings (SSSR count). The van der Waals surface area contributed by atoms with Gasteiger partial charge < -0.3 is 9.30 Å². The first-order valence-corrected chi connectivity index (χ1v) is 14.5. The van der Waals surface area contributed by atoms with E-state index in [2.05, 4.69) is 126 Å². The number of unbranched alkanes of at least 4 members (excludes halogenated alkanes) is 1. The zero-order valence-electron chi connectivity index (χ0n) is 23.3. The van der Waals surface area contributed by atoms with Crippen molar-refractivity contribution < 1.29 is 4.74 Å². The Morgan fingerprint density at radius 3 is 2.15 bits per heavy atom. The van der Waals surface area contributed by atoms with E-state index < -0.39 is 0 Å². The van der Waals surface area contributed by atoms with Crippen LogP contribution in [0.4, 0.5) is 0 Å². The van der Waals surface area contributed by atoms with Gasteiger partial charge in [-0.25, -0.2) is 4.98 Å². The lowest BCUT2D eigenvalue weighted by Gasteiger charge is -2.25. The quantitative estimate of drug-likeness (QED) is 0.174. The Hall–Kier alpha value is -4.15. The topological polar surface area (TPSA) is 30.3 Å². The number of rotatable bonds is 11. The van der Waals surface area contributed by atoms with E-state index in [1.165, 1.54) is 27.9 Å². The van der Waals surface area contributed by atoms with Crippen LogP contribution in [0.15, 0.2) is 109 Å². The van der Waals surface area contributed by atoms with Crippen LogP contribution in [0.2, 0.25) is 0 Å². The maximum absolute atomic E-state index is 5.79. The first-order valence-electron chi connectivity index (χ1n) is 14.5. The van der Waals surface area contributed by atoms with E-state index in [1.807, 2.05) is 0 Å². The number of aromatic nitrogens is 2. The predicted octanol–water partition coefficient (Wildman–Crippen LogP) is 8.15. The SMILES string of the molecule is CCCCn1c(-c2ccccc2)nc(-c2ccccc2)c1CN(Cc1ccccc1)Cc1ccc2c(c1)CCO2. The van der Waals surface area contributed by atoms with Crippen LogP contribution in [0.3, 0.4) is 0 Å². The molecule has 0 saturated heterocycles. The summed E-state index contributed by atoms with van der Waals surface area (Å²) in [5.41, 5.74) is 8.64. The van der Waals surface area contributed by atoms with Crippen LogP contribution in [-0.4, -0.2) is 21.1 Å². The first-order chi connectivity index (χ1) is 19.8. The summed E-state index contributed by atoms with van der Waals surface area (Å²) in [5.74, 6) is 2.09. The predicted molar refractivity (Wildman–Crippen MR) is 163 cm³/mol. The Bertz CT molecular complexity index is 1530. The minimum atomic E-state index is 0.784. The summed E-state index contributed by atoms with van der Waals surface area (Å²) in [7, 11) is 0. The third kappa shape index (κ3) is 5.88. The molecule has 0 fully saturated rings. The molecule has 2 heterocycles. The average molecular weight is 528 g/mol. The Labute approximate surface area is 237 Å². The summed E-state index contributed by atoms with van der Waals surface area (Å²) < 4.78 is 8.27. The fourth-order valence-corrected chi connectivity index (χ4v) is 5.66. The van der Waals surface area contributed by atoms with Crippen molar-refractivity contribution in [2.24, 2.45) is 0 Å².